The van der Waals surface area contributed by atoms with E-state index >= 15 is 0 Å². The Hall–Kier alpha value is -2.64. The fourth-order valence-electron chi connectivity index (χ4n) is 3.13. The summed E-state index contributed by atoms with van der Waals surface area (Å²) in [6.07, 6.45) is 0.914. The summed E-state index contributed by atoms with van der Waals surface area (Å²) in [6.45, 7) is 6.17. The van der Waals surface area contributed by atoms with Crippen LogP contribution in [-0.4, -0.2) is 22.3 Å². The van der Waals surface area contributed by atoms with Gasteiger partial charge >= 0.3 is 0 Å². The molecule has 0 radical (unpaired) electrons. The highest BCUT2D eigenvalue weighted by Gasteiger charge is 2.15. The van der Waals surface area contributed by atoms with Gasteiger partial charge in [-0.15, -0.1) is 11.3 Å². The average molecular weight is 444 g/mol. The van der Waals surface area contributed by atoms with E-state index < -0.39 is 0 Å². The second-order valence-electron chi connectivity index (χ2n) is 7.93. The number of halogens is 2. The molecule has 1 heterocycles. The van der Waals surface area contributed by atoms with Gasteiger partial charge in [-0.3, -0.25) is 9.69 Å². The van der Waals surface area contributed by atoms with Crippen LogP contribution in [0.3, 0.4) is 0 Å². The second kappa shape index (κ2) is 11.1. The van der Waals surface area contributed by atoms with Crippen molar-refractivity contribution in [3.05, 3.63) is 87.4 Å². The van der Waals surface area contributed by atoms with Gasteiger partial charge < -0.3 is 5.32 Å². The van der Waals surface area contributed by atoms with Crippen LogP contribution in [0.1, 0.15) is 46.9 Å². The highest BCUT2D eigenvalue weighted by Crippen LogP contribution is 2.19. The van der Waals surface area contributed by atoms with Crippen molar-refractivity contribution in [3.63, 3.8) is 0 Å². The molecule has 0 saturated heterocycles. The number of aromatic nitrogens is 1. The fraction of sp³-hybridized carbons (Fsp3) is 0.333. The molecular weight excluding hydrogens is 416 g/mol. The highest BCUT2D eigenvalue weighted by atomic mass is 32.1. The average Bonchev–Trinajstić information content (AvgIpc) is 3.19. The summed E-state index contributed by atoms with van der Waals surface area (Å²) in [4.78, 5) is 18.8. The van der Waals surface area contributed by atoms with Gasteiger partial charge in [-0.25, -0.2) is 13.8 Å². The molecule has 2 aromatic carbocycles. The van der Waals surface area contributed by atoms with Crippen molar-refractivity contribution in [1.29, 1.82) is 0 Å². The lowest BCUT2D eigenvalue weighted by Gasteiger charge is -2.22. The number of benzene rings is 2. The first-order valence-corrected chi connectivity index (χ1v) is 11.2. The Bertz CT molecular complexity index is 988. The molecular formula is C24H27F2N3OS. The maximum atomic E-state index is 14.2. The monoisotopic (exact) mass is 443 g/mol. The summed E-state index contributed by atoms with van der Waals surface area (Å²) in [6, 6.07) is 12.9. The molecule has 31 heavy (non-hydrogen) atoms. The maximum absolute atomic E-state index is 14.2. The van der Waals surface area contributed by atoms with E-state index in [9.17, 15) is 13.6 Å². The Morgan fingerprint density at radius 3 is 2.52 bits per heavy atom. The van der Waals surface area contributed by atoms with Gasteiger partial charge in [-0.2, -0.15) is 0 Å². The van der Waals surface area contributed by atoms with Crippen molar-refractivity contribution >= 4 is 17.2 Å². The Labute approximate surface area is 185 Å². The van der Waals surface area contributed by atoms with Crippen LogP contribution >= 0.6 is 11.3 Å². The number of amides is 1. The number of hydrogen-bond acceptors (Lipinski definition) is 4. The minimum absolute atomic E-state index is 0.178. The molecule has 1 aromatic heterocycles. The third-order valence-electron chi connectivity index (χ3n) is 4.82. The van der Waals surface area contributed by atoms with Gasteiger partial charge in [0.05, 0.1) is 6.54 Å². The predicted octanol–water partition coefficient (Wildman–Crippen LogP) is 5.40. The highest BCUT2D eigenvalue weighted by molar-refractivity contribution is 7.09. The molecule has 1 N–H and O–H groups in total. The molecule has 0 unspecified atom stereocenters. The standard InChI is InChI=1S/C24H27F2N3OS/c1-17(2)11-12-27-24(30)22-16-31-23(28-22)15-29(13-18-7-9-20(25)10-8-18)14-19-5-3-4-6-21(19)26/h3-10,16-17H,11-15H2,1-2H3,(H,27,30). The van der Waals surface area contributed by atoms with Gasteiger partial charge in [0.25, 0.3) is 5.91 Å². The first-order chi connectivity index (χ1) is 14.9. The number of hydrogen-bond donors (Lipinski definition) is 1. The van der Waals surface area contributed by atoms with Crippen LogP contribution in [0.4, 0.5) is 8.78 Å². The SMILES string of the molecule is CC(C)CCNC(=O)c1csc(CN(Cc2ccc(F)cc2)Cc2ccccc2F)n1. The summed E-state index contributed by atoms with van der Waals surface area (Å²) in [5.41, 5.74) is 1.89. The lowest BCUT2D eigenvalue weighted by molar-refractivity contribution is 0.0947. The Kier molecular flexibility index (Phi) is 8.26. The molecule has 0 aliphatic rings. The van der Waals surface area contributed by atoms with Crippen molar-refractivity contribution in [2.75, 3.05) is 6.54 Å². The molecule has 0 spiro atoms. The molecule has 3 aromatic rings. The van der Waals surface area contributed by atoms with Crippen LogP contribution < -0.4 is 5.32 Å². The van der Waals surface area contributed by atoms with E-state index in [0.29, 0.717) is 43.4 Å². The summed E-state index contributed by atoms with van der Waals surface area (Å²) in [5, 5.41) is 5.42. The molecule has 0 saturated carbocycles. The van der Waals surface area contributed by atoms with Crippen LogP contribution in [-0.2, 0) is 19.6 Å². The number of carbonyl (C=O) groups is 1. The second-order valence-corrected chi connectivity index (χ2v) is 8.87. The largest absolute Gasteiger partial charge is 0.351 e. The van der Waals surface area contributed by atoms with Crippen LogP contribution in [0.2, 0.25) is 0 Å². The number of rotatable bonds is 10. The lowest BCUT2D eigenvalue weighted by atomic mass is 10.1. The van der Waals surface area contributed by atoms with E-state index in [0.717, 1.165) is 17.0 Å². The van der Waals surface area contributed by atoms with Gasteiger partial charge in [0.1, 0.15) is 22.3 Å². The smallest absolute Gasteiger partial charge is 0.270 e. The minimum atomic E-state index is -0.294. The Morgan fingerprint density at radius 1 is 1.06 bits per heavy atom. The van der Waals surface area contributed by atoms with Crippen molar-refractivity contribution < 1.29 is 13.6 Å². The molecule has 4 nitrogen and oxygen atoms in total. The molecule has 0 atom stereocenters. The Balaban J connectivity index is 1.70. The molecule has 3 rings (SSSR count). The van der Waals surface area contributed by atoms with Gasteiger partial charge in [-0.1, -0.05) is 44.2 Å². The molecule has 7 heteroatoms. The van der Waals surface area contributed by atoms with Crippen molar-refractivity contribution in [2.45, 2.75) is 39.9 Å². The molecule has 0 bridgehead atoms. The first kappa shape index (κ1) is 23.0. The number of thiazole rings is 1. The molecule has 1 amide bonds. The van der Waals surface area contributed by atoms with Crippen LogP contribution in [0.5, 0.6) is 0 Å². The van der Waals surface area contributed by atoms with Crippen LogP contribution in [0.25, 0.3) is 0 Å². The van der Waals surface area contributed by atoms with Crippen molar-refractivity contribution in [3.8, 4) is 0 Å². The quantitative estimate of drug-likeness (QED) is 0.456. The van der Waals surface area contributed by atoms with E-state index in [1.54, 1.807) is 35.7 Å². The van der Waals surface area contributed by atoms with Crippen molar-refractivity contribution in [2.24, 2.45) is 5.92 Å². The van der Waals surface area contributed by atoms with E-state index in [1.807, 2.05) is 4.90 Å². The summed E-state index contributed by atoms with van der Waals surface area (Å²) < 4.78 is 27.5. The number of nitrogens with zero attached hydrogens (tertiary/aromatic N) is 2. The summed E-state index contributed by atoms with van der Waals surface area (Å²) >= 11 is 1.41. The number of carbonyl (C=O) groups excluding carboxylic acids is 1. The fourth-order valence-corrected chi connectivity index (χ4v) is 3.94. The van der Waals surface area contributed by atoms with Gasteiger partial charge in [-0.05, 0) is 36.1 Å². The zero-order valence-electron chi connectivity index (χ0n) is 17.8. The van der Waals surface area contributed by atoms with Crippen molar-refractivity contribution in [1.82, 2.24) is 15.2 Å². The lowest BCUT2D eigenvalue weighted by Crippen LogP contribution is -2.26. The zero-order chi connectivity index (χ0) is 22.2. The summed E-state index contributed by atoms with van der Waals surface area (Å²) in [5.74, 6) is -0.222. The minimum Gasteiger partial charge on any atom is -0.351 e. The zero-order valence-corrected chi connectivity index (χ0v) is 18.6. The molecule has 0 fully saturated rings. The Morgan fingerprint density at radius 2 is 1.81 bits per heavy atom. The van der Waals surface area contributed by atoms with Gasteiger partial charge in [0, 0.05) is 30.6 Å². The molecule has 164 valence electrons. The number of nitrogens with one attached hydrogen (secondary N) is 1. The van der Waals surface area contributed by atoms with E-state index in [4.69, 9.17) is 0 Å². The third-order valence-corrected chi connectivity index (χ3v) is 5.66. The maximum Gasteiger partial charge on any atom is 0.270 e. The first-order valence-electron chi connectivity index (χ1n) is 10.3. The van der Waals surface area contributed by atoms with Gasteiger partial charge in [0.2, 0.25) is 0 Å². The van der Waals surface area contributed by atoms with E-state index in [2.05, 4.69) is 24.1 Å². The predicted molar refractivity (Wildman–Crippen MR) is 120 cm³/mol. The van der Waals surface area contributed by atoms with E-state index in [1.165, 1.54) is 29.5 Å². The molecule has 0 aliphatic carbocycles. The molecule has 0 aliphatic heterocycles. The summed E-state index contributed by atoms with van der Waals surface area (Å²) in [7, 11) is 0. The topological polar surface area (TPSA) is 45.2 Å². The third kappa shape index (κ3) is 7.22. The van der Waals surface area contributed by atoms with Gasteiger partial charge in [0.15, 0.2) is 0 Å². The van der Waals surface area contributed by atoms with Crippen LogP contribution in [0, 0.1) is 17.6 Å². The van der Waals surface area contributed by atoms with E-state index in [-0.39, 0.29) is 17.5 Å². The van der Waals surface area contributed by atoms with Crippen LogP contribution in [0.15, 0.2) is 53.9 Å². The normalized spacial score (nSPS) is 11.3.